The molecule has 2 atom stereocenters. The molecular weight excluding hydrogens is 242 g/mol. The van der Waals surface area contributed by atoms with Gasteiger partial charge in [-0.25, -0.2) is 0 Å². The molecule has 104 valence electrons. The number of Topliss-reactive ketones (excluding diaryl/α,β-unsaturated/α-hetero) is 1. The Morgan fingerprint density at radius 3 is 2.84 bits per heavy atom. The van der Waals surface area contributed by atoms with Gasteiger partial charge in [0.1, 0.15) is 11.5 Å². The third-order valence-electron chi connectivity index (χ3n) is 3.75. The molecule has 0 aliphatic carbocycles. The quantitative estimate of drug-likeness (QED) is 0.836. The van der Waals surface area contributed by atoms with Gasteiger partial charge in [-0.3, -0.25) is 9.78 Å². The van der Waals surface area contributed by atoms with Crippen LogP contribution in [0.2, 0.25) is 0 Å². The van der Waals surface area contributed by atoms with Crippen LogP contribution in [0.25, 0.3) is 0 Å². The molecule has 0 aromatic carbocycles. The van der Waals surface area contributed by atoms with Crippen molar-refractivity contribution in [2.45, 2.75) is 39.7 Å². The topological polar surface area (TPSA) is 48.4 Å². The van der Waals surface area contributed by atoms with Crippen LogP contribution in [0.5, 0.6) is 5.75 Å². The van der Waals surface area contributed by atoms with Crippen molar-refractivity contribution >= 4 is 5.78 Å². The van der Waals surface area contributed by atoms with E-state index in [2.05, 4.69) is 4.98 Å². The second-order valence-electron chi connectivity index (χ2n) is 5.27. The number of aryl methyl sites for hydroxylation is 1. The summed E-state index contributed by atoms with van der Waals surface area (Å²) in [7, 11) is 1.65. The maximum Gasteiger partial charge on any atom is 0.144 e. The van der Waals surface area contributed by atoms with Crippen molar-refractivity contribution in [1.82, 2.24) is 4.98 Å². The van der Waals surface area contributed by atoms with Crippen LogP contribution >= 0.6 is 0 Å². The molecule has 1 aliphatic rings. The van der Waals surface area contributed by atoms with Gasteiger partial charge in [-0.15, -0.1) is 0 Å². The lowest BCUT2D eigenvalue weighted by Crippen LogP contribution is -2.18. The van der Waals surface area contributed by atoms with Crippen molar-refractivity contribution < 1.29 is 14.3 Å². The van der Waals surface area contributed by atoms with Gasteiger partial charge in [-0.05, 0) is 27.2 Å². The van der Waals surface area contributed by atoms with Crippen LogP contribution in [0, 0.1) is 19.8 Å². The Morgan fingerprint density at radius 1 is 1.53 bits per heavy atom. The second-order valence-corrected chi connectivity index (χ2v) is 5.27. The molecule has 1 saturated heterocycles. The fourth-order valence-electron chi connectivity index (χ4n) is 2.60. The van der Waals surface area contributed by atoms with Gasteiger partial charge in [-0.1, -0.05) is 0 Å². The molecule has 0 amide bonds. The van der Waals surface area contributed by atoms with Crippen molar-refractivity contribution in [3.05, 3.63) is 23.0 Å². The van der Waals surface area contributed by atoms with Gasteiger partial charge in [-0.2, -0.15) is 0 Å². The van der Waals surface area contributed by atoms with Crippen molar-refractivity contribution in [3.8, 4) is 5.75 Å². The Morgan fingerprint density at radius 2 is 2.26 bits per heavy atom. The number of ether oxygens (including phenoxy) is 2. The van der Waals surface area contributed by atoms with Gasteiger partial charge < -0.3 is 9.47 Å². The molecule has 2 rings (SSSR count). The number of ketones is 1. The first kappa shape index (κ1) is 14.0. The highest BCUT2D eigenvalue weighted by Crippen LogP contribution is 2.26. The zero-order valence-electron chi connectivity index (χ0n) is 12.0. The lowest BCUT2D eigenvalue weighted by atomic mass is 9.96. The highest BCUT2D eigenvalue weighted by atomic mass is 16.5. The van der Waals surface area contributed by atoms with Crippen molar-refractivity contribution in [3.63, 3.8) is 0 Å². The van der Waals surface area contributed by atoms with Crippen LogP contribution in [-0.4, -0.2) is 30.6 Å². The Bertz CT molecular complexity index is 485. The lowest BCUT2D eigenvalue weighted by molar-refractivity contribution is -0.122. The summed E-state index contributed by atoms with van der Waals surface area (Å²) in [6.07, 6.45) is 3.14. The van der Waals surface area contributed by atoms with E-state index in [1.807, 2.05) is 20.8 Å². The lowest BCUT2D eigenvalue weighted by Gasteiger charge is -2.13. The molecule has 0 spiro atoms. The number of hydrogen-bond donors (Lipinski definition) is 0. The highest BCUT2D eigenvalue weighted by Gasteiger charge is 2.28. The molecule has 0 radical (unpaired) electrons. The summed E-state index contributed by atoms with van der Waals surface area (Å²) in [5.41, 5.74) is 2.77. The van der Waals surface area contributed by atoms with E-state index in [1.54, 1.807) is 13.3 Å². The maximum atomic E-state index is 12.2. The van der Waals surface area contributed by atoms with E-state index < -0.39 is 0 Å². The van der Waals surface area contributed by atoms with E-state index in [0.717, 1.165) is 29.0 Å². The first-order chi connectivity index (χ1) is 9.02. The normalized spacial score (nSPS) is 22.5. The van der Waals surface area contributed by atoms with E-state index in [0.29, 0.717) is 13.0 Å². The number of methoxy groups -OCH3 is 1. The summed E-state index contributed by atoms with van der Waals surface area (Å²) in [4.78, 5) is 16.6. The Labute approximate surface area is 114 Å². The molecule has 4 nitrogen and oxygen atoms in total. The minimum Gasteiger partial charge on any atom is -0.496 e. The second kappa shape index (κ2) is 5.70. The van der Waals surface area contributed by atoms with Gasteiger partial charge in [0, 0.05) is 29.7 Å². The summed E-state index contributed by atoms with van der Waals surface area (Å²) in [5.74, 6) is 1.06. The first-order valence-electron chi connectivity index (χ1n) is 6.66. The van der Waals surface area contributed by atoms with Crippen LogP contribution < -0.4 is 4.74 Å². The molecule has 1 aromatic rings. The van der Waals surface area contributed by atoms with Crippen molar-refractivity contribution in [2.24, 2.45) is 5.92 Å². The van der Waals surface area contributed by atoms with Crippen LogP contribution in [0.3, 0.4) is 0 Å². The minimum atomic E-state index is 0.0171. The number of carbonyl (C=O) groups is 1. The predicted octanol–water partition coefficient (Wildman–Crippen LogP) is 2.24. The Kier molecular flexibility index (Phi) is 4.20. The van der Waals surface area contributed by atoms with Gasteiger partial charge in [0.05, 0.1) is 25.5 Å². The predicted molar refractivity (Wildman–Crippen MR) is 72.5 cm³/mol. The largest absolute Gasteiger partial charge is 0.496 e. The van der Waals surface area contributed by atoms with E-state index >= 15 is 0 Å². The summed E-state index contributed by atoms with van der Waals surface area (Å²) in [5, 5.41) is 0. The minimum absolute atomic E-state index is 0.0171. The molecule has 2 heterocycles. The van der Waals surface area contributed by atoms with Crippen LogP contribution in [0.15, 0.2) is 6.20 Å². The summed E-state index contributed by atoms with van der Waals surface area (Å²) < 4.78 is 10.8. The molecule has 1 fully saturated rings. The fraction of sp³-hybridized carbons (Fsp3) is 0.600. The average molecular weight is 263 g/mol. The molecule has 0 bridgehead atoms. The van der Waals surface area contributed by atoms with Gasteiger partial charge in [0.2, 0.25) is 0 Å². The highest BCUT2D eigenvalue weighted by molar-refractivity contribution is 5.83. The van der Waals surface area contributed by atoms with E-state index in [1.165, 1.54) is 0 Å². The number of rotatable bonds is 4. The smallest absolute Gasteiger partial charge is 0.144 e. The molecule has 19 heavy (non-hydrogen) atoms. The van der Waals surface area contributed by atoms with Crippen LogP contribution in [0.4, 0.5) is 0 Å². The molecule has 0 N–H and O–H groups in total. The number of carbonyl (C=O) groups excluding carboxylic acids is 1. The van der Waals surface area contributed by atoms with E-state index in [4.69, 9.17) is 9.47 Å². The van der Waals surface area contributed by atoms with Crippen LogP contribution in [-0.2, 0) is 16.0 Å². The average Bonchev–Trinajstić information content (AvgIpc) is 2.80. The zero-order valence-corrected chi connectivity index (χ0v) is 12.0. The summed E-state index contributed by atoms with van der Waals surface area (Å²) in [6.45, 7) is 6.46. The molecule has 2 unspecified atom stereocenters. The van der Waals surface area contributed by atoms with Crippen LogP contribution in [0.1, 0.15) is 30.2 Å². The van der Waals surface area contributed by atoms with Gasteiger partial charge in [0.15, 0.2) is 0 Å². The van der Waals surface area contributed by atoms with E-state index in [9.17, 15) is 4.79 Å². The number of hydrogen-bond acceptors (Lipinski definition) is 4. The Hall–Kier alpha value is -1.42. The monoisotopic (exact) mass is 263 g/mol. The van der Waals surface area contributed by atoms with Gasteiger partial charge >= 0.3 is 0 Å². The molecule has 1 aromatic heterocycles. The SMILES string of the molecule is COc1c(C)cnc(CC(=O)C2COC(C)C2)c1C. The number of pyridine rings is 1. The maximum absolute atomic E-state index is 12.2. The van der Waals surface area contributed by atoms with Gasteiger partial charge in [0.25, 0.3) is 0 Å². The molecular formula is C15H21NO3. The summed E-state index contributed by atoms with van der Waals surface area (Å²) >= 11 is 0. The molecule has 0 saturated carbocycles. The Balaban J connectivity index is 2.13. The van der Waals surface area contributed by atoms with Crippen molar-refractivity contribution in [2.75, 3.05) is 13.7 Å². The summed E-state index contributed by atoms with van der Waals surface area (Å²) in [6, 6.07) is 0. The standard InChI is InChI=1S/C15H21NO3/c1-9-7-16-13(11(3)15(9)18-4)6-14(17)12-5-10(2)19-8-12/h7,10,12H,5-6,8H2,1-4H3. The zero-order chi connectivity index (χ0) is 14.0. The number of aromatic nitrogens is 1. The number of nitrogens with zero attached hydrogens (tertiary/aromatic N) is 1. The molecule has 1 aliphatic heterocycles. The third-order valence-corrected chi connectivity index (χ3v) is 3.75. The fourth-order valence-corrected chi connectivity index (χ4v) is 2.60. The molecule has 4 heteroatoms. The first-order valence-corrected chi connectivity index (χ1v) is 6.66. The third kappa shape index (κ3) is 2.95. The van der Waals surface area contributed by atoms with E-state index in [-0.39, 0.29) is 17.8 Å². The van der Waals surface area contributed by atoms with Crippen molar-refractivity contribution in [1.29, 1.82) is 0 Å².